The van der Waals surface area contributed by atoms with E-state index in [2.05, 4.69) is 25.3 Å². The maximum absolute atomic E-state index is 12.9. The SMILES string of the molecule is Nc1ncnc2c1ncn2[C@@H]1O[C@H](/C=C/CNC(=O)c2cc(-c3nc4ccccc4s3)cc(O)c2O)[C@H](O)C1O. The number of thiazole rings is 1. The molecule has 1 fully saturated rings. The predicted octanol–water partition coefficient (Wildman–Crippen LogP) is 1.70. The van der Waals surface area contributed by atoms with Gasteiger partial charge in [0, 0.05) is 12.1 Å². The number of aromatic nitrogens is 5. The van der Waals surface area contributed by atoms with Gasteiger partial charge in [-0.25, -0.2) is 19.9 Å². The zero-order valence-corrected chi connectivity index (χ0v) is 21.4. The van der Waals surface area contributed by atoms with Gasteiger partial charge in [-0.05, 0) is 24.3 Å². The third-order valence-corrected chi connectivity index (χ3v) is 7.60. The first-order valence-electron chi connectivity index (χ1n) is 12.1. The minimum Gasteiger partial charge on any atom is -0.504 e. The Hall–Kier alpha value is -4.63. The summed E-state index contributed by atoms with van der Waals surface area (Å²) in [7, 11) is 0. The zero-order valence-electron chi connectivity index (χ0n) is 20.6. The van der Waals surface area contributed by atoms with Gasteiger partial charge in [0.25, 0.3) is 5.91 Å². The number of hydrogen-bond acceptors (Lipinski definition) is 12. The smallest absolute Gasteiger partial charge is 0.255 e. The van der Waals surface area contributed by atoms with Gasteiger partial charge >= 0.3 is 0 Å². The van der Waals surface area contributed by atoms with E-state index in [9.17, 15) is 25.2 Å². The number of aliphatic hydroxyl groups is 2. The zero-order chi connectivity index (χ0) is 28.0. The lowest BCUT2D eigenvalue weighted by molar-refractivity contribution is -0.0245. The number of fused-ring (bicyclic) bond motifs is 2. The second-order valence-corrected chi connectivity index (χ2v) is 10.1. The molecule has 1 amide bonds. The molecule has 2 aromatic carbocycles. The number of benzene rings is 2. The Labute approximate surface area is 229 Å². The van der Waals surface area contributed by atoms with Crippen LogP contribution in [0.15, 0.2) is 61.2 Å². The molecule has 7 N–H and O–H groups in total. The molecule has 13 nitrogen and oxygen atoms in total. The number of para-hydroxylation sites is 1. The van der Waals surface area contributed by atoms with E-state index < -0.39 is 41.9 Å². The average molecular weight is 562 g/mol. The lowest BCUT2D eigenvalue weighted by Crippen LogP contribution is -2.31. The number of ether oxygens (including phenoxy) is 1. The van der Waals surface area contributed by atoms with Crippen LogP contribution in [0.3, 0.4) is 0 Å². The summed E-state index contributed by atoms with van der Waals surface area (Å²) in [6.07, 6.45) is 1.28. The maximum atomic E-state index is 12.9. The second-order valence-electron chi connectivity index (χ2n) is 9.07. The van der Waals surface area contributed by atoms with Crippen molar-refractivity contribution in [3.63, 3.8) is 0 Å². The minimum atomic E-state index is -1.29. The van der Waals surface area contributed by atoms with Crippen LogP contribution < -0.4 is 11.1 Å². The fourth-order valence-electron chi connectivity index (χ4n) is 4.49. The predicted molar refractivity (Wildman–Crippen MR) is 146 cm³/mol. The van der Waals surface area contributed by atoms with Gasteiger partial charge in [-0.2, -0.15) is 0 Å². The minimum absolute atomic E-state index is 0.00943. The van der Waals surface area contributed by atoms with Crippen LogP contribution in [0.2, 0.25) is 0 Å². The van der Waals surface area contributed by atoms with Crippen LogP contribution in [0.25, 0.3) is 32.0 Å². The Morgan fingerprint density at radius 3 is 2.80 bits per heavy atom. The highest BCUT2D eigenvalue weighted by Crippen LogP contribution is 2.38. The topological polar surface area (TPSA) is 202 Å². The van der Waals surface area contributed by atoms with E-state index in [1.165, 1.54) is 46.8 Å². The number of phenols is 2. The molecular formula is C26H23N7O6S. The number of aromatic hydroxyl groups is 2. The number of carbonyl (C=O) groups excluding carboxylic acids is 1. The van der Waals surface area contributed by atoms with Crippen LogP contribution in [0.1, 0.15) is 16.6 Å². The Kier molecular flexibility index (Phi) is 6.51. The van der Waals surface area contributed by atoms with E-state index >= 15 is 0 Å². The molecule has 0 aliphatic carbocycles. The highest BCUT2D eigenvalue weighted by atomic mass is 32.1. The number of amides is 1. The normalized spacial score (nSPS) is 21.1. The molecule has 1 aliphatic heterocycles. The monoisotopic (exact) mass is 561 g/mol. The highest BCUT2D eigenvalue weighted by molar-refractivity contribution is 7.21. The van der Waals surface area contributed by atoms with E-state index in [-0.39, 0.29) is 17.9 Å². The molecule has 6 rings (SSSR count). The van der Waals surface area contributed by atoms with Crippen molar-refractivity contribution >= 4 is 44.4 Å². The van der Waals surface area contributed by atoms with Crippen LogP contribution in [0.4, 0.5) is 5.82 Å². The van der Waals surface area contributed by atoms with Crippen molar-refractivity contribution in [1.29, 1.82) is 0 Å². The summed E-state index contributed by atoms with van der Waals surface area (Å²) >= 11 is 1.40. The van der Waals surface area contributed by atoms with Gasteiger partial charge in [0.15, 0.2) is 29.2 Å². The van der Waals surface area contributed by atoms with Crippen molar-refractivity contribution in [3.05, 3.63) is 66.8 Å². The number of aliphatic hydroxyl groups excluding tert-OH is 2. The standard InChI is InChI=1S/C26H23N7O6S/c27-22-18-23(30-10-29-22)33(11-31-18)26-21(37)20(36)16(39-26)5-3-7-28-24(38)13-8-12(9-15(34)19(13)35)25-32-14-4-1-2-6-17(14)40-25/h1-6,8-11,16,20-21,26,34-37H,7H2,(H,28,38)(H2,27,29,30)/b5-3+/t16-,20+,21?,26-/m1/s1. The van der Waals surface area contributed by atoms with Gasteiger partial charge in [-0.15, -0.1) is 11.3 Å². The number of rotatable bonds is 6. The Balaban J connectivity index is 1.14. The van der Waals surface area contributed by atoms with Crippen molar-refractivity contribution in [1.82, 2.24) is 29.8 Å². The summed E-state index contributed by atoms with van der Waals surface area (Å²) in [4.78, 5) is 29.6. The lowest BCUT2D eigenvalue weighted by Gasteiger charge is -2.16. The summed E-state index contributed by atoms with van der Waals surface area (Å²) < 4.78 is 8.25. The van der Waals surface area contributed by atoms with E-state index in [4.69, 9.17) is 10.5 Å². The largest absolute Gasteiger partial charge is 0.504 e. The van der Waals surface area contributed by atoms with Crippen LogP contribution in [0.5, 0.6) is 11.5 Å². The summed E-state index contributed by atoms with van der Waals surface area (Å²) in [6.45, 7) is 0.00943. The summed E-state index contributed by atoms with van der Waals surface area (Å²) in [6, 6.07) is 10.4. The Bertz CT molecular complexity index is 1740. The molecule has 3 aromatic heterocycles. The maximum Gasteiger partial charge on any atom is 0.255 e. The molecule has 0 saturated carbocycles. The molecule has 4 heterocycles. The van der Waals surface area contributed by atoms with Gasteiger partial charge in [-0.1, -0.05) is 24.3 Å². The number of nitrogens with one attached hydrogen (secondary N) is 1. The van der Waals surface area contributed by atoms with Crippen LogP contribution in [-0.4, -0.2) is 75.7 Å². The highest BCUT2D eigenvalue weighted by Gasteiger charge is 2.43. The van der Waals surface area contributed by atoms with Gasteiger partial charge in [0.2, 0.25) is 0 Å². The van der Waals surface area contributed by atoms with E-state index in [1.807, 2.05) is 24.3 Å². The number of carbonyl (C=O) groups is 1. The molecule has 5 aromatic rings. The van der Waals surface area contributed by atoms with E-state index in [1.54, 1.807) is 6.08 Å². The Morgan fingerprint density at radius 1 is 1.15 bits per heavy atom. The second kappa shape index (κ2) is 10.2. The van der Waals surface area contributed by atoms with E-state index in [0.29, 0.717) is 21.7 Å². The van der Waals surface area contributed by atoms with Crippen molar-refractivity contribution in [2.75, 3.05) is 12.3 Å². The molecule has 0 radical (unpaired) electrons. The lowest BCUT2D eigenvalue weighted by atomic mass is 10.1. The third-order valence-electron chi connectivity index (χ3n) is 6.52. The number of imidazole rings is 1. The number of anilines is 1. The first-order valence-corrected chi connectivity index (χ1v) is 12.9. The van der Waals surface area contributed by atoms with Crippen molar-refractivity contribution in [2.24, 2.45) is 0 Å². The molecule has 4 atom stereocenters. The molecule has 1 saturated heterocycles. The quantitative estimate of drug-likeness (QED) is 0.130. The van der Waals surface area contributed by atoms with Gasteiger partial charge < -0.3 is 36.2 Å². The summed E-state index contributed by atoms with van der Waals surface area (Å²) in [5.41, 5.74) is 7.66. The van der Waals surface area contributed by atoms with Gasteiger partial charge in [-0.3, -0.25) is 9.36 Å². The van der Waals surface area contributed by atoms with Gasteiger partial charge in [0.05, 0.1) is 22.1 Å². The van der Waals surface area contributed by atoms with E-state index in [0.717, 1.165) is 10.2 Å². The summed E-state index contributed by atoms with van der Waals surface area (Å²) in [5, 5.41) is 44.9. The number of nitrogen functional groups attached to an aromatic ring is 1. The van der Waals surface area contributed by atoms with Crippen LogP contribution in [-0.2, 0) is 4.74 Å². The molecule has 14 heteroatoms. The molecular weight excluding hydrogens is 538 g/mol. The molecule has 204 valence electrons. The molecule has 0 bridgehead atoms. The third kappa shape index (κ3) is 4.48. The first kappa shape index (κ1) is 25.6. The van der Waals surface area contributed by atoms with Crippen molar-refractivity contribution < 1.29 is 30.0 Å². The number of nitrogens with two attached hydrogens (primary N) is 1. The first-order chi connectivity index (χ1) is 19.3. The van der Waals surface area contributed by atoms with Crippen molar-refractivity contribution in [3.8, 4) is 22.1 Å². The van der Waals surface area contributed by atoms with Gasteiger partial charge in [0.1, 0.15) is 35.2 Å². The van der Waals surface area contributed by atoms with Crippen LogP contribution in [0, 0.1) is 0 Å². The number of hydrogen-bond donors (Lipinski definition) is 6. The molecule has 1 aliphatic rings. The average Bonchev–Trinajstić information content (AvgIpc) is 3.65. The molecule has 40 heavy (non-hydrogen) atoms. The van der Waals surface area contributed by atoms with Crippen LogP contribution >= 0.6 is 11.3 Å². The molecule has 1 unspecified atom stereocenters. The fourth-order valence-corrected chi connectivity index (χ4v) is 5.44. The summed E-state index contributed by atoms with van der Waals surface area (Å²) in [5.74, 6) is -1.45. The number of nitrogens with zero attached hydrogens (tertiary/aromatic N) is 5. The molecule has 0 spiro atoms. The fraction of sp³-hybridized carbons (Fsp3) is 0.192. The van der Waals surface area contributed by atoms with Crippen molar-refractivity contribution in [2.45, 2.75) is 24.5 Å². The Morgan fingerprint density at radius 2 is 1.98 bits per heavy atom. The number of phenolic OH excluding ortho intramolecular Hbond substituents is 2.